The largest absolute Gasteiger partial charge is 0.756 e. The number of nitrogens with zero attached hydrogens (tertiary/aromatic N) is 1. The zero-order valence-electron chi connectivity index (χ0n) is 40.0. The fraction of sp³-hybridized carbons (Fsp3) is 0.920. The van der Waals surface area contributed by atoms with Crippen LogP contribution in [0.3, 0.4) is 0 Å². The van der Waals surface area contributed by atoms with Crippen LogP contribution in [0.1, 0.15) is 244 Å². The van der Waals surface area contributed by atoms with E-state index in [1.54, 1.807) is 0 Å². The molecule has 0 bridgehead atoms. The van der Waals surface area contributed by atoms with Crippen LogP contribution < -0.4 is 4.89 Å². The third-order valence-electron chi connectivity index (χ3n) is 11.4. The minimum absolute atomic E-state index is 0.0276. The summed E-state index contributed by atoms with van der Waals surface area (Å²) < 4.78 is 34.0. The van der Waals surface area contributed by atoms with Crippen LogP contribution >= 0.6 is 7.82 Å². The Labute approximate surface area is 371 Å². The van der Waals surface area contributed by atoms with Gasteiger partial charge in [-0.05, 0) is 25.7 Å². The van der Waals surface area contributed by atoms with Gasteiger partial charge in [-0.15, -0.1) is 6.58 Å². The maximum atomic E-state index is 12.7. The molecule has 0 saturated carbocycles. The van der Waals surface area contributed by atoms with E-state index in [9.17, 15) is 19.0 Å². The Morgan fingerprint density at radius 2 is 0.883 bits per heavy atom. The first-order valence-corrected chi connectivity index (χ1v) is 26.8. The van der Waals surface area contributed by atoms with Crippen molar-refractivity contribution in [1.82, 2.24) is 0 Å². The normalized spacial score (nSPS) is 13.3. The number of quaternary nitrogens is 1. The molecule has 0 aromatic heterocycles. The molecule has 0 heterocycles. The molecule has 0 rings (SSSR count). The number of hydrogen-bond acceptors (Lipinski definition) is 8. The summed E-state index contributed by atoms with van der Waals surface area (Å²) in [6.45, 7) is 5.80. The van der Waals surface area contributed by atoms with Gasteiger partial charge in [0.25, 0.3) is 7.82 Å². The number of phosphoric acid groups is 1. The molecule has 0 spiro atoms. The lowest BCUT2D eigenvalue weighted by molar-refractivity contribution is -0.870. The highest BCUT2D eigenvalue weighted by molar-refractivity contribution is 7.45. The predicted molar refractivity (Wildman–Crippen MR) is 250 cm³/mol. The molecule has 0 aliphatic carbocycles. The van der Waals surface area contributed by atoms with Gasteiger partial charge in [0, 0.05) is 12.8 Å². The van der Waals surface area contributed by atoms with Crippen LogP contribution in [0.25, 0.3) is 0 Å². The van der Waals surface area contributed by atoms with Crippen molar-refractivity contribution in [1.29, 1.82) is 0 Å². The molecule has 0 amide bonds. The third-order valence-corrected chi connectivity index (χ3v) is 12.4. The monoisotopic (exact) mass is 872 g/mol. The molecule has 10 heteroatoms. The topological polar surface area (TPSA) is 111 Å². The van der Waals surface area contributed by atoms with Crippen molar-refractivity contribution in [2.24, 2.45) is 0 Å². The molecule has 1 unspecified atom stereocenters. The number of rotatable bonds is 48. The van der Waals surface area contributed by atoms with E-state index in [-0.39, 0.29) is 32.0 Å². The number of unbranched alkanes of at least 4 members (excludes halogenated alkanes) is 33. The summed E-state index contributed by atoms with van der Waals surface area (Å²) >= 11 is 0. The van der Waals surface area contributed by atoms with Gasteiger partial charge in [0.15, 0.2) is 6.10 Å². The third kappa shape index (κ3) is 46.3. The first-order chi connectivity index (χ1) is 29.0. The van der Waals surface area contributed by atoms with Crippen LogP contribution in [0.2, 0.25) is 0 Å². The van der Waals surface area contributed by atoms with E-state index >= 15 is 0 Å². The first-order valence-electron chi connectivity index (χ1n) is 25.4. The fourth-order valence-corrected chi connectivity index (χ4v) is 8.19. The Hall–Kier alpha value is -1.25. The minimum Gasteiger partial charge on any atom is -0.756 e. The SMILES string of the molecule is C=CCCCCCCCCCCCCCCCC(=O)OC[C@H](COP(=O)([O-])OCC[N+](C)(C)C)OC(=O)CCCCCCCCCCCCCCCCCCCCCCC. The smallest absolute Gasteiger partial charge is 0.306 e. The molecule has 9 nitrogen and oxygen atoms in total. The second kappa shape index (κ2) is 43.0. The minimum atomic E-state index is -4.62. The van der Waals surface area contributed by atoms with Crippen molar-refractivity contribution in [2.75, 3.05) is 47.5 Å². The van der Waals surface area contributed by atoms with Crippen LogP contribution in [-0.2, 0) is 32.7 Å². The molecular weight excluding hydrogens is 774 g/mol. The molecule has 0 aliphatic rings. The van der Waals surface area contributed by atoms with E-state index in [1.807, 2.05) is 27.2 Å². The van der Waals surface area contributed by atoms with E-state index in [0.717, 1.165) is 38.5 Å². The highest BCUT2D eigenvalue weighted by Gasteiger charge is 2.21. The first kappa shape index (κ1) is 58.8. The van der Waals surface area contributed by atoms with Crippen molar-refractivity contribution in [3.8, 4) is 0 Å². The van der Waals surface area contributed by atoms with Crippen LogP contribution in [-0.4, -0.2) is 70.0 Å². The summed E-state index contributed by atoms with van der Waals surface area (Å²) in [6.07, 6.45) is 45.6. The summed E-state index contributed by atoms with van der Waals surface area (Å²) in [6, 6.07) is 0. The van der Waals surface area contributed by atoms with Crippen molar-refractivity contribution >= 4 is 19.8 Å². The molecule has 356 valence electrons. The van der Waals surface area contributed by atoms with E-state index in [0.29, 0.717) is 17.4 Å². The van der Waals surface area contributed by atoms with E-state index in [1.165, 1.54) is 180 Å². The zero-order valence-corrected chi connectivity index (χ0v) is 40.9. The Kier molecular flexibility index (Phi) is 42.1. The second-order valence-electron chi connectivity index (χ2n) is 18.6. The van der Waals surface area contributed by atoms with Crippen LogP contribution in [0.5, 0.6) is 0 Å². The highest BCUT2D eigenvalue weighted by Crippen LogP contribution is 2.38. The van der Waals surface area contributed by atoms with Gasteiger partial charge in [0.1, 0.15) is 19.8 Å². The van der Waals surface area contributed by atoms with E-state index in [4.69, 9.17) is 18.5 Å². The molecule has 60 heavy (non-hydrogen) atoms. The lowest BCUT2D eigenvalue weighted by Gasteiger charge is -2.28. The molecule has 0 fully saturated rings. The quantitative estimate of drug-likeness (QED) is 0.0195. The van der Waals surface area contributed by atoms with Crippen molar-refractivity contribution < 1.29 is 42.1 Å². The van der Waals surface area contributed by atoms with Gasteiger partial charge in [0.2, 0.25) is 0 Å². The molecule has 0 aliphatic heterocycles. The maximum absolute atomic E-state index is 12.7. The Morgan fingerprint density at radius 1 is 0.533 bits per heavy atom. The molecular formula is C50H98NO8P. The summed E-state index contributed by atoms with van der Waals surface area (Å²) in [5.74, 6) is -0.822. The highest BCUT2D eigenvalue weighted by atomic mass is 31.2. The molecule has 0 radical (unpaired) electrons. The molecule has 0 N–H and O–H groups in total. The molecule has 0 aromatic rings. The van der Waals surface area contributed by atoms with Crippen LogP contribution in [0, 0.1) is 0 Å². The summed E-state index contributed by atoms with van der Waals surface area (Å²) in [5.41, 5.74) is 0. The molecule has 0 aromatic carbocycles. The van der Waals surface area contributed by atoms with Crippen LogP contribution in [0.4, 0.5) is 0 Å². The lowest BCUT2D eigenvalue weighted by atomic mass is 10.0. The average molecular weight is 872 g/mol. The fourth-order valence-electron chi connectivity index (χ4n) is 7.46. The Bertz CT molecular complexity index is 1020. The number of carbonyl (C=O) groups excluding carboxylic acids is 2. The zero-order chi connectivity index (χ0) is 44.3. The van der Waals surface area contributed by atoms with Gasteiger partial charge in [-0.3, -0.25) is 14.2 Å². The van der Waals surface area contributed by atoms with Gasteiger partial charge < -0.3 is 27.9 Å². The predicted octanol–water partition coefficient (Wildman–Crippen LogP) is 14.3. The summed E-state index contributed by atoms with van der Waals surface area (Å²) in [5, 5.41) is 0. The number of ether oxygens (including phenoxy) is 2. The standard InChI is InChI=1S/C50H98NO8P/c1-6-8-10-12-14-16-18-20-22-23-24-25-26-27-29-31-33-35-37-39-41-43-50(53)59-48(47-58-60(54,55)57-45-44-51(3,4)5)46-56-49(52)42-40-38-36-34-32-30-28-21-19-17-15-13-11-9-7-2/h7,48H,2,6,8-47H2,1,3-5H3/t48-/m1/s1. The Balaban J connectivity index is 4.19. The van der Waals surface area contributed by atoms with E-state index < -0.39 is 26.5 Å². The molecule has 2 atom stereocenters. The van der Waals surface area contributed by atoms with Gasteiger partial charge in [-0.1, -0.05) is 212 Å². The lowest BCUT2D eigenvalue weighted by Crippen LogP contribution is -2.37. The van der Waals surface area contributed by atoms with Gasteiger partial charge in [0.05, 0.1) is 27.7 Å². The number of allylic oxidation sites excluding steroid dienone is 1. The number of phosphoric ester groups is 1. The van der Waals surface area contributed by atoms with Crippen molar-refractivity contribution in [2.45, 2.75) is 251 Å². The Morgan fingerprint density at radius 3 is 1.25 bits per heavy atom. The van der Waals surface area contributed by atoms with Crippen LogP contribution in [0.15, 0.2) is 12.7 Å². The van der Waals surface area contributed by atoms with Gasteiger partial charge in [-0.2, -0.15) is 0 Å². The number of likely N-dealkylation sites (N-methyl/N-ethyl adjacent to an activating group) is 1. The molecule has 0 saturated heterocycles. The number of hydrogen-bond donors (Lipinski definition) is 0. The van der Waals surface area contributed by atoms with Crippen molar-refractivity contribution in [3.05, 3.63) is 12.7 Å². The second-order valence-corrected chi connectivity index (χ2v) is 20.0. The van der Waals surface area contributed by atoms with Crippen molar-refractivity contribution in [3.63, 3.8) is 0 Å². The number of carbonyl (C=O) groups is 2. The average Bonchev–Trinajstić information content (AvgIpc) is 3.20. The number of esters is 2. The van der Waals surface area contributed by atoms with Gasteiger partial charge >= 0.3 is 11.9 Å². The van der Waals surface area contributed by atoms with E-state index in [2.05, 4.69) is 13.5 Å². The van der Waals surface area contributed by atoms with Gasteiger partial charge in [-0.25, -0.2) is 0 Å². The summed E-state index contributed by atoms with van der Waals surface area (Å²) in [4.78, 5) is 37.7. The maximum Gasteiger partial charge on any atom is 0.306 e. The summed E-state index contributed by atoms with van der Waals surface area (Å²) in [7, 11) is 1.18.